The highest BCUT2D eigenvalue weighted by Gasteiger charge is 2.11. The minimum absolute atomic E-state index is 0.180. The number of hydrogen-bond acceptors (Lipinski definition) is 4. The van der Waals surface area contributed by atoms with E-state index in [1.54, 1.807) is 18.2 Å². The van der Waals surface area contributed by atoms with Gasteiger partial charge in [0.1, 0.15) is 0 Å². The maximum atomic E-state index is 11.2. The van der Waals surface area contributed by atoms with Gasteiger partial charge < -0.3 is 5.73 Å². The molecule has 0 fully saturated rings. The van der Waals surface area contributed by atoms with Crippen molar-refractivity contribution in [3.63, 3.8) is 0 Å². The number of rotatable bonds is 2. The highest BCUT2D eigenvalue weighted by atomic mass is 32.2. The van der Waals surface area contributed by atoms with Crippen LogP contribution in [0.4, 0.5) is 5.69 Å². The van der Waals surface area contributed by atoms with Crippen molar-refractivity contribution in [2.45, 2.75) is 10.6 Å². The number of hydrogen-bond donors (Lipinski definition) is 2. The molecule has 72 valence electrons. The summed E-state index contributed by atoms with van der Waals surface area (Å²) in [5.41, 5.74) is 6.66. The fourth-order valence-corrected chi connectivity index (χ4v) is 2.06. The molecule has 0 unspecified atom stereocenters. The highest BCUT2D eigenvalue weighted by molar-refractivity contribution is 7.90. The van der Waals surface area contributed by atoms with Gasteiger partial charge in [-0.15, -0.1) is 0 Å². The van der Waals surface area contributed by atoms with Crippen LogP contribution in [0.15, 0.2) is 23.1 Å². The van der Waals surface area contributed by atoms with Crippen molar-refractivity contribution in [2.75, 3.05) is 12.0 Å². The molecule has 1 aromatic rings. The zero-order valence-electron chi connectivity index (χ0n) is 7.19. The lowest BCUT2D eigenvalue weighted by Gasteiger charge is -2.04. The standard InChI is InChI=1S/C8H11NO2S2/c1-13(10,11)8-4-6(5-12)2-3-7(8)9/h2-4,12H,5,9H2,1H3. The second-order valence-corrected chi connectivity index (χ2v) is 5.10. The molecule has 0 saturated heterocycles. The predicted octanol–water partition coefficient (Wildman–Crippen LogP) is 1.10. The second kappa shape index (κ2) is 3.59. The summed E-state index contributed by atoms with van der Waals surface area (Å²) in [6.45, 7) is 0. The Morgan fingerprint density at radius 3 is 2.54 bits per heavy atom. The SMILES string of the molecule is CS(=O)(=O)c1cc(CS)ccc1N. The molecule has 13 heavy (non-hydrogen) atoms. The molecule has 0 atom stereocenters. The van der Waals surface area contributed by atoms with Crippen LogP contribution in [-0.4, -0.2) is 14.7 Å². The Hall–Kier alpha value is -0.680. The van der Waals surface area contributed by atoms with Gasteiger partial charge in [-0.1, -0.05) is 6.07 Å². The molecule has 0 aliphatic carbocycles. The molecular formula is C8H11NO2S2. The fourth-order valence-electron chi connectivity index (χ4n) is 0.998. The molecule has 5 heteroatoms. The van der Waals surface area contributed by atoms with Crippen LogP contribution >= 0.6 is 12.6 Å². The van der Waals surface area contributed by atoms with Crippen LogP contribution in [0.3, 0.4) is 0 Å². The summed E-state index contributed by atoms with van der Waals surface area (Å²) in [4.78, 5) is 0.180. The van der Waals surface area contributed by atoms with Crippen LogP contribution in [0.5, 0.6) is 0 Å². The van der Waals surface area contributed by atoms with Crippen LogP contribution in [-0.2, 0) is 15.6 Å². The minimum Gasteiger partial charge on any atom is -0.398 e. The van der Waals surface area contributed by atoms with Crippen LogP contribution in [0.25, 0.3) is 0 Å². The lowest BCUT2D eigenvalue weighted by Crippen LogP contribution is -2.02. The Kier molecular flexibility index (Phi) is 2.87. The first-order valence-corrected chi connectivity index (χ1v) is 6.17. The van der Waals surface area contributed by atoms with Crippen LogP contribution in [0, 0.1) is 0 Å². The maximum absolute atomic E-state index is 11.2. The number of nitrogen functional groups attached to an aromatic ring is 1. The number of thiol groups is 1. The molecule has 1 rings (SSSR count). The Bertz CT molecular complexity index is 412. The molecule has 3 nitrogen and oxygen atoms in total. The average molecular weight is 217 g/mol. The van der Waals surface area contributed by atoms with Gasteiger partial charge in [0.05, 0.1) is 10.6 Å². The fraction of sp³-hybridized carbons (Fsp3) is 0.250. The van der Waals surface area contributed by atoms with Gasteiger partial charge in [-0.3, -0.25) is 0 Å². The van der Waals surface area contributed by atoms with Crippen molar-refractivity contribution >= 4 is 28.2 Å². The van der Waals surface area contributed by atoms with E-state index in [9.17, 15) is 8.42 Å². The third-order valence-corrected chi connectivity index (χ3v) is 3.18. The van der Waals surface area contributed by atoms with E-state index < -0.39 is 9.84 Å². The summed E-state index contributed by atoms with van der Waals surface area (Å²) in [5.74, 6) is 0.503. The van der Waals surface area contributed by atoms with Crippen LogP contribution < -0.4 is 5.73 Å². The highest BCUT2D eigenvalue weighted by Crippen LogP contribution is 2.20. The summed E-state index contributed by atoms with van der Waals surface area (Å²) >= 11 is 4.05. The Labute approximate surface area is 83.3 Å². The predicted molar refractivity (Wildman–Crippen MR) is 56.7 cm³/mol. The van der Waals surface area contributed by atoms with Crippen molar-refractivity contribution in [1.29, 1.82) is 0 Å². The van der Waals surface area contributed by atoms with Crippen molar-refractivity contribution in [2.24, 2.45) is 0 Å². The first-order chi connectivity index (χ1) is 5.95. The summed E-state index contributed by atoms with van der Waals surface area (Å²) in [5, 5.41) is 0. The lowest BCUT2D eigenvalue weighted by molar-refractivity contribution is 0.602. The largest absolute Gasteiger partial charge is 0.398 e. The second-order valence-electron chi connectivity index (χ2n) is 2.80. The lowest BCUT2D eigenvalue weighted by atomic mass is 10.2. The Balaban J connectivity index is 3.36. The molecule has 0 saturated carbocycles. The van der Waals surface area contributed by atoms with Gasteiger partial charge in [0.15, 0.2) is 9.84 Å². The zero-order chi connectivity index (χ0) is 10.1. The molecule has 0 heterocycles. The Morgan fingerprint density at radius 1 is 1.46 bits per heavy atom. The Morgan fingerprint density at radius 2 is 2.08 bits per heavy atom. The van der Waals surface area contributed by atoms with Gasteiger partial charge in [-0.05, 0) is 17.7 Å². The first kappa shape index (κ1) is 10.4. The number of anilines is 1. The molecule has 0 aromatic heterocycles. The molecule has 2 N–H and O–H groups in total. The van der Waals surface area contributed by atoms with Crippen molar-refractivity contribution in [1.82, 2.24) is 0 Å². The van der Waals surface area contributed by atoms with E-state index in [1.165, 1.54) is 0 Å². The molecule has 0 aliphatic heterocycles. The third-order valence-electron chi connectivity index (χ3n) is 1.66. The first-order valence-electron chi connectivity index (χ1n) is 3.64. The molecular weight excluding hydrogens is 206 g/mol. The molecule has 1 aromatic carbocycles. The monoisotopic (exact) mass is 217 g/mol. The van der Waals surface area contributed by atoms with E-state index in [4.69, 9.17) is 5.73 Å². The van der Waals surface area contributed by atoms with Gasteiger partial charge in [0, 0.05) is 12.0 Å². The topological polar surface area (TPSA) is 60.2 Å². The van der Waals surface area contributed by atoms with E-state index in [0.717, 1.165) is 11.8 Å². The van der Waals surface area contributed by atoms with E-state index >= 15 is 0 Å². The van der Waals surface area contributed by atoms with Gasteiger partial charge in [0.25, 0.3) is 0 Å². The number of sulfone groups is 1. The molecule has 0 aliphatic rings. The van der Waals surface area contributed by atoms with Crippen molar-refractivity contribution in [3.8, 4) is 0 Å². The third kappa shape index (κ3) is 2.38. The van der Waals surface area contributed by atoms with Gasteiger partial charge in [0.2, 0.25) is 0 Å². The summed E-state index contributed by atoms with van der Waals surface area (Å²) in [6.07, 6.45) is 1.14. The van der Waals surface area contributed by atoms with Crippen LogP contribution in [0.2, 0.25) is 0 Å². The maximum Gasteiger partial charge on any atom is 0.177 e. The van der Waals surface area contributed by atoms with E-state index in [1.807, 2.05) is 0 Å². The molecule has 0 bridgehead atoms. The van der Waals surface area contributed by atoms with Gasteiger partial charge in [-0.25, -0.2) is 8.42 Å². The molecule has 0 amide bonds. The average Bonchev–Trinajstić information content (AvgIpc) is 2.03. The number of benzene rings is 1. The normalized spacial score (nSPS) is 11.5. The molecule has 0 radical (unpaired) electrons. The van der Waals surface area contributed by atoms with E-state index in [-0.39, 0.29) is 10.6 Å². The van der Waals surface area contributed by atoms with Crippen molar-refractivity contribution in [3.05, 3.63) is 23.8 Å². The smallest absolute Gasteiger partial charge is 0.177 e. The minimum atomic E-state index is -3.23. The summed E-state index contributed by atoms with van der Waals surface area (Å²) in [6, 6.07) is 4.90. The van der Waals surface area contributed by atoms with Gasteiger partial charge >= 0.3 is 0 Å². The van der Waals surface area contributed by atoms with Crippen molar-refractivity contribution < 1.29 is 8.42 Å². The van der Waals surface area contributed by atoms with E-state index in [2.05, 4.69) is 12.6 Å². The van der Waals surface area contributed by atoms with Crippen LogP contribution in [0.1, 0.15) is 5.56 Å². The number of nitrogens with two attached hydrogens (primary N) is 1. The quantitative estimate of drug-likeness (QED) is 0.576. The summed E-state index contributed by atoms with van der Waals surface area (Å²) < 4.78 is 22.4. The zero-order valence-corrected chi connectivity index (χ0v) is 8.90. The van der Waals surface area contributed by atoms with E-state index in [0.29, 0.717) is 5.75 Å². The molecule has 0 spiro atoms. The summed E-state index contributed by atoms with van der Waals surface area (Å²) in [7, 11) is -3.23. The van der Waals surface area contributed by atoms with Gasteiger partial charge in [-0.2, -0.15) is 12.6 Å².